The second kappa shape index (κ2) is 9.48. The first-order valence-electron chi connectivity index (χ1n) is 8.71. The summed E-state index contributed by atoms with van der Waals surface area (Å²) in [6, 6.07) is 6.84. The lowest BCUT2D eigenvalue weighted by atomic mass is 9.94. The van der Waals surface area contributed by atoms with Crippen LogP contribution in [0, 0.1) is 0 Å². The van der Waals surface area contributed by atoms with Crippen molar-refractivity contribution in [3.05, 3.63) is 41.1 Å². The molecular weight excluding hydrogens is 366 g/mol. The van der Waals surface area contributed by atoms with Crippen LogP contribution in [0.4, 0.5) is 5.69 Å². The van der Waals surface area contributed by atoms with E-state index in [0.29, 0.717) is 29.5 Å². The largest absolute Gasteiger partial charge is 0.460 e. The Morgan fingerprint density at radius 3 is 2.70 bits per heavy atom. The number of ether oxygens (including phenoxy) is 2. The molecule has 2 rings (SSSR count). The molecule has 2 N–H and O–H groups in total. The van der Waals surface area contributed by atoms with Crippen molar-refractivity contribution < 1.29 is 19.1 Å². The molecule has 0 spiro atoms. The average Bonchev–Trinajstić information content (AvgIpc) is 2.61. The third-order valence-corrected chi connectivity index (χ3v) is 4.53. The number of esters is 1. The molecule has 0 fully saturated rings. The molecule has 0 saturated heterocycles. The van der Waals surface area contributed by atoms with Crippen molar-refractivity contribution in [3.63, 3.8) is 0 Å². The minimum atomic E-state index is -0.468. The van der Waals surface area contributed by atoms with Gasteiger partial charge in [-0.15, -0.1) is 0 Å². The fourth-order valence-electron chi connectivity index (χ4n) is 2.97. The van der Waals surface area contributed by atoms with Crippen molar-refractivity contribution in [2.24, 2.45) is 0 Å². The molecule has 1 atom stereocenters. The molecule has 1 amide bonds. The number of allylic oxidation sites excluding steroid dienone is 1. The number of nitrogens with zero attached hydrogens (tertiary/aromatic N) is 1. The lowest BCUT2D eigenvalue weighted by Gasteiger charge is -2.37. The summed E-state index contributed by atoms with van der Waals surface area (Å²) in [5.74, 6) is -0.588. The number of thiocarbonyl (C=S) groups is 1. The Labute approximate surface area is 164 Å². The Kier molecular flexibility index (Phi) is 7.32. The second-order valence-corrected chi connectivity index (χ2v) is 6.45. The van der Waals surface area contributed by atoms with Crippen LogP contribution in [0.1, 0.15) is 32.4 Å². The van der Waals surface area contributed by atoms with Crippen LogP contribution < -0.4 is 10.6 Å². The fourth-order valence-corrected chi connectivity index (χ4v) is 3.36. The Morgan fingerprint density at radius 2 is 2.07 bits per heavy atom. The van der Waals surface area contributed by atoms with E-state index < -0.39 is 12.0 Å². The van der Waals surface area contributed by atoms with E-state index in [0.717, 1.165) is 11.3 Å². The molecule has 1 aromatic rings. The van der Waals surface area contributed by atoms with Gasteiger partial charge in [-0.05, 0) is 43.8 Å². The molecule has 0 radical (unpaired) electrons. The van der Waals surface area contributed by atoms with Crippen molar-refractivity contribution >= 4 is 34.9 Å². The summed E-state index contributed by atoms with van der Waals surface area (Å²) in [7, 11) is 1.55. The molecule has 0 saturated carbocycles. The van der Waals surface area contributed by atoms with Crippen molar-refractivity contribution in [2.75, 3.05) is 32.2 Å². The zero-order chi connectivity index (χ0) is 20.0. The molecule has 1 heterocycles. The molecule has 0 aliphatic carbocycles. The highest BCUT2D eigenvalue weighted by molar-refractivity contribution is 7.80. The Hall–Kier alpha value is -2.45. The number of hydrogen-bond donors (Lipinski definition) is 2. The van der Waals surface area contributed by atoms with Crippen LogP contribution in [0.2, 0.25) is 0 Å². The monoisotopic (exact) mass is 391 g/mol. The van der Waals surface area contributed by atoms with E-state index in [-0.39, 0.29) is 12.5 Å². The van der Waals surface area contributed by atoms with Crippen LogP contribution in [0.5, 0.6) is 0 Å². The van der Waals surface area contributed by atoms with Crippen LogP contribution in [-0.4, -0.2) is 48.8 Å². The third kappa shape index (κ3) is 5.05. The van der Waals surface area contributed by atoms with Gasteiger partial charge >= 0.3 is 5.97 Å². The average molecular weight is 391 g/mol. The van der Waals surface area contributed by atoms with Crippen molar-refractivity contribution in [2.45, 2.75) is 26.8 Å². The number of carbonyl (C=O) groups is 2. The maximum absolute atomic E-state index is 12.8. The van der Waals surface area contributed by atoms with E-state index in [1.165, 1.54) is 6.92 Å². The maximum Gasteiger partial charge on any atom is 0.338 e. The van der Waals surface area contributed by atoms with E-state index in [1.807, 2.05) is 36.9 Å². The number of amides is 1. The molecule has 1 aromatic carbocycles. The quantitative estimate of drug-likeness (QED) is 0.420. The number of hydrogen-bond acceptors (Lipinski definition) is 5. The van der Waals surface area contributed by atoms with Gasteiger partial charge in [0.15, 0.2) is 5.11 Å². The summed E-state index contributed by atoms with van der Waals surface area (Å²) in [6.45, 7) is 6.39. The standard InChI is InChI=1S/C19H25N3O4S/c1-5-22-12(2)16(18(24)26-10-9-25-4)17(21-19(22)27)14-7-6-8-15(11-14)20-13(3)23/h6-8,11,17H,5,9-10H2,1-4H3,(H,20,23)(H,21,27)/t17-/m1/s1. The number of benzene rings is 1. The number of methoxy groups -OCH3 is 1. The molecular formula is C19H25N3O4S. The van der Waals surface area contributed by atoms with Gasteiger partial charge in [0, 0.05) is 32.0 Å². The van der Waals surface area contributed by atoms with Crippen molar-refractivity contribution in [1.82, 2.24) is 10.2 Å². The van der Waals surface area contributed by atoms with Crippen LogP contribution >= 0.6 is 12.2 Å². The second-order valence-electron chi connectivity index (χ2n) is 6.06. The Bertz CT molecular complexity index is 763. The predicted octanol–water partition coefficient (Wildman–Crippen LogP) is 2.36. The number of rotatable bonds is 7. The summed E-state index contributed by atoms with van der Waals surface area (Å²) in [5, 5.41) is 6.51. The van der Waals surface area contributed by atoms with E-state index in [9.17, 15) is 9.59 Å². The predicted molar refractivity (Wildman–Crippen MR) is 107 cm³/mol. The van der Waals surface area contributed by atoms with Gasteiger partial charge in [-0.25, -0.2) is 4.79 Å². The summed E-state index contributed by atoms with van der Waals surface area (Å²) in [5.41, 5.74) is 2.69. The van der Waals surface area contributed by atoms with Gasteiger partial charge in [0.25, 0.3) is 0 Å². The molecule has 1 aliphatic rings. The summed E-state index contributed by atoms with van der Waals surface area (Å²) < 4.78 is 10.3. The molecule has 27 heavy (non-hydrogen) atoms. The molecule has 0 unspecified atom stereocenters. The van der Waals surface area contributed by atoms with Gasteiger partial charge < -0.3 is 25.0 Å². The number of nitrogens with one attached hydrogen (secondary N) is 2. The van der Waals surface area contributed by atoms with E-state index >= 15 is 0 Å². The van der Waals surface area contributed by atoms with Gasteiger partial charge in [-0.1, -0.05) is 12.1 Å². The maximum atomic E-state index is 12.8. The summed E-state index contributed by atoms with van der Waals surface area (Å²) >= 11 is 5.47. The zero-order valence-corrected chi connectivity index (χ0v) is 16.8. The normalized spacial score (nSPS) is 16.8. The number of anilines is 1. The van der Waals surface area contributed by atoms with Crippen LogP contribution in [0.3, 0.4) is 0 Å². The lowest BCUT2D eigenvalue weighted by Crippen LogP contribution is -2.47. The highest BCUT2D eigenvalue weighted by Gasteiger charge is 2.34. The summed E-state index contributed by atoms with van der Waals surface area (Å²) in [4.78, 5) is 26.0. The smallest absolute Gasteiger partial charge is 0.338 e. The Balaban J connectivity index is 2.42. The highest BCUT2D eigenvalue weighted by Crippen LogP contribution is 2.32. The van der Waals surface area contributed by atoms with Crippen LogP contribution in [0.25, 0.3) is 0 Å². The molecule has 0 bridgehead atoms. The van der Waals surface area contributed by atoms with Gasteiger partial charge in [-0.3, -0.25) is 4.79 Å². The van der Waals surface area contributed by atoms with Gasteiger partial charge in [0.1, 0.15) is 6.61 Å². The topological polar surface area (TPSA) is 79.9 Å². The zero-order valence-electron chi connectivity index (χ0n) is 16.0. The molecule has 0 aromatic heterocycles. The summed E-state index contributed by atoms with van der Waals surface area (Å²) in [6.07, 6.45) is 0. The third-order valence-electron chi connectivity index (χ3n) is 4.19. The SMILES string of the molecule is CCN1C(=S)N[C@H](c2cccc(NC(C)=O)c2)C(C(=O)OCCOC)=C1C. The lowest BCUT2D eigenvalue weighted by molar-refractivity contribution is -0.140. The van der Waals surface area contributed by atoms with Gasteiger partial charge in [-0.2, -0.15) is 0 Å². The van der Waals surface area contributed by atoms with Crippen LogP contribution in [-0.2, 0) is 19.1 Å². The molecule has 146 valence electrons. The van der Waals surface area contributed by atoms with Crippen molar-refractivity contribution in [1.29, 1.82) is 0 Å². The van der Waals surface area contributed by atoms with Gasteiger partial charge in [0.2, 0.25) is 5.91 Å². The first-order chi connectivity index (χ1) is 12.9. The minimum absolute atomic E-state index is 0.164. The fraction of sp³-hybridized carbons (Fsp3) is 0.421. The molecule has 1 aliphatic heterocycles. The Morgan fingerprint density at radius 1 is 1.33 bits per heavy atom. The van der Waals surface area contributed by atoms with E-state index in [4.69, 9.17) is 21.7 Å². The van der Waals surface area contributed by atoms with Gasteiger partial charge in [0.05, 0.1) is 18.2 Å². The molecule has 7 nitrogen and oxygen atoms in total. The van der Waals surface area contributed by atoms with E-state index in [2.05, 4.69) is 10.6 Å². The highest BCUT2D eigenvalue weighted by atomic mass is 32.1. The first kappa shape index (κ1) is 20.9. The van der Waals surface area contributed by atoms with Crippen LogP contribution in [0.15, 0.2) is 35.5 Å². The minimum Gasteiger partial charge on any atom is -0.460 e. The first-order valence-corrected chi connectivity index (χ1v) is 9.12. The number of carbonyl (C=O) groups excluding carboxylic acids is 2. The molecule has 8 heteroatoms. The van der Waals surface area contributed by atoms with Crippen molar-refractivity contribution in [3.8, 4) is 0 Å². The van der Waals surface area contributed by atoms with E-state index in [1.54, 1.807) is 13.2 Å².